The summed E-state index contributed by atoms with van der Waals surface area (Å²) in [4.78, 5) is 24.3. The summed E-state index contributed by atoms with van der Waals surface area (Å²) in [5.74, 6) is -0.594. The second-order valence-electron chi connectivity index (χ2n) is 15.1. The number of aliphatic hydroxyl groups is 1. The van der Waals surface area contributed by atoms with E-state index in [1.54, 1.807) is 0 Å². The van der Waals surface area contributed by atoms with E-state index in [1.165, 1.54) is 161 Å². The highest BCUT2D eigenvalue weighted by molar-refractivity contribution is 5.70. The molecule has 0 bridgehead atoms. The molecule has 0 aliphatic carbocycles. The lowest BCUT2D eigenvalue weighted by Crippen LogP contribution is -2.28. The number of allylic oxidation sites excluding steroid dienone is 6. The van der Waals surface area contributed by atoms with Crippen molar-refractivity contribution in [2.75, 3.05) is 13.2 Å². The number of unbranched alkanes of at least 4 members (excludes halogenated alkanes) is 27. The maximum atomic E-state index is 12.2. The topological polar surface area (TPSA) is 72.8 Å². The molecule has 0 aromatic rings. The second kappa shape index (κ2) is 43.5. The van der Waals surface area contributed by atoms with Crippen molar-refractivity contribution in [3.8, 4) is 0 Å². The van der Waals surface area contributed by atoms with Crippen molar-refractivity contribution in [2.24, 2.45) is 0 Å². The third-order valence-corrected chi connectivity index (χ3v) is 9.91. The highest BCUT2D eigenvalue weighted by atomic mass is 16.6. The van der Waals surface area contributed by atoms with Crippen LogP contribution in [0, 0.1) is 0 Å². The molecule has 0 aliphatic heterocycles. The van der Waals surface area contributed by atoms with Crippen LogP contribution in [-0.2, 0) is 19.1 Å². The number of esters is 2. The molecule has 0 aromatic heterocycles. The van der Waals surface area contributed by atoms with Crippen LogP contribution in [-0.4, -0.2) is 36.4 Å². The normalized spacial score (nSPS) is 12.4. The quantitative estimate of drug-likeness (QED) is 0.0385. The van der Waals surface area contributed by atoms with Crippen LogP contribution < -0.4 is 0 Å². The molecule has 0 radical (unpaired) electrons. The van der Waals surface area contributed by atoms with Crippen LogP contribution in [0.15, 0.2) is 36.5 Å². The monoisotopic (exact) mass is 731 g/mol. The SMILES string of the molecule is CCCCCCC/C=C\C/C=C\CCCCCCCCCCCC(=O)OC(CO)COC(=O)CCCCCCCCC/C=C\CCCCCCCC. The van der Waals surface area contributed by atoms with Gasteiger partial charge >= 0.3 is 11.9 Å². The highest BCUT2D eigenvalue weighted by Crippen LogP contribution is 2.14. The van der Waals surface area contributed by atoms with E-state index in [0.29, 0.717) is 12.8 Å². The van der Waals surface area contributed by atoms with Crippen molar-refractivity contribution in [1.29, 1.82) is 0 Å². The molecule has 0 fully saturated rings. The maximum Gasteiger partial charge on any atom is 0.306 e. The number of carbonyl (C=O) groups is 2. The second-order valence-corrected chi connectivity index (χ2v) is 15.1. The number of hydrogen-bond donors (Lipinski definition) is 1. The van der Waals surface area contributed by atoms with E-state index in [-0.39, 0.29) is 25.2 Å². The molecule has 1 atom stereocenters. The van der Waals surface area contributed by atoms with Crippen LogP contribution in [0.4, 0.5) is 0 Å². The van der Waals surface area contributed by atoms with Crippen molar-refractivity contribution in [1.82, 2.24) is 0 Å². The van der Waals surface area contributed by atoms with Gasteiger partial charge in [-0.2, -0.15) is 0 Å². The molecule has 0 amide bonds. The number of aliphatic hydroxyl groups excluding tert-OH is 1. The van der Waals surface area contributed by atoms with Crippen LogP contribution in [0.5, 0.6) is 0 Å². The molecular weight excluding hydrogens is 645 g/mol. The lowest BCUT2D eigenvalue weighted by atomic mass is 10.1. The zero-order valence-corrected chi connectivity index (χ0v) is 34.6. The van der Waals surface area contributed by atoms with Crippen LogP contribution in [0.25, 0.3) is 0 Å². The molecule has 0 saturated carbocycles. The van der Waals surface area contributed by atoms with Crippen LogP contribution >= 0.6 is 0 Å². The largest absolute Gasteiger partial charge is 0.462 e. The Labute approximate surface area is 323 Å². The molecule has 1 unspecified atom stereocenters. The van der Waals surface area contributed by atoms with E-state index in [2.05, 4.69) is 50.3 Å². The summed E-state index contributed by atoms with van der Waals surface area (Å²) in [5, 5.41) is 9.59. The van der Waals surface area contributed by atoms with Gasteiger partial charge < -0.3 is 14.6 Å². The number of hydrogen-bond acceptors (Lipinski definition) is 5. The molecule has 304 valence electrons. The summed E-state index contributed by atoms with van der Waals surface area (Å²) in [6, 6.07) is 0. The van der Waals surface area contributed by atoms with E-state index < -0.39 is 6.10 Å². The van der Waals surface area contributed by atoms with Gasteiger partial charge in [0.2, 0.25) is 0 Å². The first-order chi connectivity index (χ1) is 25.6. The molecule has 0 heterocycles. The molecule has 0 rings (SSSR count). The molecule has 1 N–H and O–H groups in total. The molecule has 0 aliphatic rings. The molecule has 5 heteroatoms. The minimum absolute atomic E-state index is 0.0680. The van der Waals surface area contributed by atoms with Gasteiger partial charge in [0.25, 0.3) is 0 Å². The summed E-state index contributed by atoms with van der Waals surface area (Å²) >= 11 is 0. The zero-order valence-electron chi connectivity index (χ0n) is 34.6. The highest BCUT2D eigenvalue weighted by Gasteiger charge is 2.16. The van der Waals surface area contributed by atoms with Gasteiger partial charge in [0.15, 0.2) is 6.10 Å². The maximum absolute atomic E-state index is 12.2. The first kappa shape index (κ1) is 50.1. The summed E-state index contributed by atoms with van der Waals surface area (Å²) < 4.78 is 10.6. The minimum Gasteiger partial charge on any atom is -0.462 e. The van der Waals surface area contributed by atoms with Gasteiger partial charge in [-0.3, -0.25) is 9.59 Å². The van der Waals surface area contributed by atoms with Gasteiger partial charge in [-0.05, 0) is 70.6 Å². The Bertz CT molecular complexity index is 832. The Morgan fingerprint density at radius 1 is 0.442 bits per heavy atom. The van der Waals surface area contributed by atoms with Crippen molar-refractivity contribution in [2.45, 2.75) is 238 Å². The Hall–Kier alpha value is -1.88. The van der Waals surface area contributed by atoms with E-state index in [0.717, 1.165) is 44.9 Å². The van der Waals surface area contributed by atoms with Crippen molar-refractivity contribution in [3.05, 3.63) is 36.5 Å². The van der Waals surface area contributed by atoms with Gasteiger partial charge in [-0.15, -0.1) is 0 Å². The molecule has 52 heavy (non-hydrogen) atoms. The Morgan fingerprint density at radius 3 is 1.15 bits per heavy atom. The van der Waals surface area contributed by atoms with Crippen molar-refractivity contribution in [3.63, 3.8) is 0 Å². The van der Waals surface area contributed by atoms with Gasteiger partial charge in [-0.1, -0.05) is 185 Å². The molecule has 0 saturated heterocycles. The van der Waals surface area contributed by atoms with Gasteiger partial charge in [0.1, 0.15) is 6.61 Å². The van der Waals surface area contributed by atoms with Gasteiger partial charge in [0, 0.05) is 12.8 Å². The minimum atomic E-state index is -0.774. The lowest BCUT2D eigenvalue weighted by molar-refractivity contribution is -0.161. The number of rotatable bonds is 41. The Balaban J connectivity index is 3.53. The summed E-state index contributed by atoms with van der Waals surface area (Å²) in [7, 11) is 0. The zero-order chi connectivity index (χ0) is 37.8. The standard InChI is InChI=1S/C47H86O5/c1-3-5-7-9-11-13-15-17-19-21-22-23-24-26-28-30-32-34-36-38-40-42-47(50)52-45(43-48)44-51-46(49)41-39-37-35-33-31-29-27-25-20-18-16-14-12-10-8-6-4-2/h15,17-18,20-22,45,48H,3-14,16,19,23-44H2,1-2H3/b17-15-,20-18-,22-21-. The number of ether oxygens (including phenoxy) is 2. The van der Waals surface area contributed by atoms with E-state index in [1.807, 2.05) is 0 Å². The predicted octanol–water partition coefficient (Wildman–Crippen LogP) is 14.4. The third kappa shape index (κ3) is 40.9. The van der Waals surface area contributed by atoms with Crippen LogP contribution in [0.2, 0.25) is 0 Å². The smallest absolute Gasteiger partial charge is 0.306 e. The Morgan fingerprint density at radius 2 is 0.769 bits per heavy atom. The van der Waals surface area contributed by atoms with Crippen LogP contribution in [0.1, 0.15) is 232 Å². The fraction of sp³-hybridized carbons (Fsp3) is 0.830. The van der Waals surface area contributed by atoms with E-state index in [4.69, 9.17) is 9.47 Å². The van der Waals surface area contributed by atoms with Gasteiger partial charge in [0.05, 0.1) is 6.61 Å². The Kier molecular flexibility index (Phi) is 42.0. The fourth-order valence-electron chi connectivity index (χ4n) is 6.46. The lowest BCUT2D eigenvalue weighted by Gasteiger charge is -2.15. The van der Waals surface area contributed by atoms with E-state index >= 15 is 0 Å². The average Bonchev–Trinajstić information content (AvgIpc) is 3.15. The predicted molar refractivity (Wildman–Crippen MR) is 224 cm³/mol. The molecule has 0 spiro atoms. The van der Waals surface area contributed by atoms with Gasteiger partial charge in [-0.25, -0.2) is 0 Å². The summed E-state index contributed by atoms with van der Waals surface area (Å²) in [5.41, 5.74) is 0. The first-order valence-corrected chi connectivity index (χ1v) is 22.5. The van der Waals surface area contributed by atoms with E-state index in [9.17, 15) is 14.7 Å². The third-order valence-electron chi connectivity index (χ3n) is 9.91. The number of carbonyl (C=O) groups excluding carboxylic acids is 2. The molecule has 5 nitrogen and oxygen atoms in total. The molecule has 0 aromatic carbocycles. The van der Waals surface area contributed by atoms with Crippen LogP contribution in [0.3, 0.4) is 0 Å². The van der Waals surface area contributed by atoms with Crippen molar-refractivity contribution < 1.29 is 24.2 Å². The fourth-order valence-corrected chi connectivity index (χ4v) is 6.46. The first-order valence-electron chi connectivity index (χ1n) is 22.5. The average molecular weight is 731 g/mol. The summed E-state index contributed by atoms with van der Waals surface area (Å²) in [6.45, 7) is 4.13. The van der Waals surface area contributed by atoms with Crippen molar-refractivity contribution >= 4 is 11.9 Å². The molecular formula is C47H86O5. The summed E-state index contributed by atoms with van der Waals surface area (Å²) in [6.07, 6.45) is 53.6.